The van der Waals surface area contributed by atoms with E-state index < -0.39 is 0 Å². The lowest BCUT2D eigenvalue weighted by atomic mass is 10.2. The molecule has 0 saturated carbocycles. The Kier molecular flexibility index (Phi) is 20.5. The fourth-order valence-corrected chi connectivity index (χ4v) is 5.50. The van der Waals surface area contributed by atoms with Crippen LogP contribution < -0.4 is 10.6 Å². The average Bonchev–Trinajstić information content (AvgIpc) is 3.09. The monoisotopic (exact) mass is 672 g/mol. The number of pyridine rings is 2. The maximum Gasteiger partial charge on any atom is 0.234 e. The summed E-state index contributed by atoms with van der Waals surface area (Å²) < 4.78 is 10.6. The summed E-state index contributed by atoms with van der Waals surface area (Å²) in [6.45, 7) is 10.2. The second kappa shape index (κ2) is 25.0. The molecule has 14 nitrogen and oxygen atoms in total. The molecule has 1 aliphatic heterocycles. The van der Waals surface area contributed by atoms with Gasteiger partial charge in [-0.15, -0.1) is 0 Å². The number of rotatable bonds is 18. The molecule has 2 amide bonds. The Bertz CT molecular complexity index is 1030. The molecule has 48 heavy (non-hydrogen) atoms. The third-order valence-corrected chi connectivity index (χ3v) is 7.93. The minimum atomic E-state index is -0.0424. The number of carbonyl (C=O) groups excluding carboxylic acids is 2. The summed E-state index contributed by atoms with van der Waals surface area (Å²) in [5.41, 5.74) is 1.99. The van der Waals surface area contributed by atoms with Gasteiger partial charge in [0, 0.05) is 64.8 Å². The highest BCUT2D eigenvalue weighted by molar-refractivity contribution is 5.78. The van der Waals surface area contributed by atoms with Crippen molar-refractivity contribution in [1.29, 1.82) is 0 Å². The van der Waals surface area contributed by atoms with Gasteiger partial charge in [-0.3, -0.25) is 39.2 Å². The quantitative estimate of drug-likeness (QED) is 0.150. The highest BCUT2D eigenvalue weighted by atomic mass is 16.5. The van der Waals surface area contributed by atoms with Crippen molar-refractivity contribution in [2.24, 2.45) is 0 Å². The van der Waals surface area contributed by atoms with Gasteiger partial charge in [0.1, 0.15) is 0 Å². The van der Waals surface area contributed by atoms with Gasteiger partial charge in [-0.05, 0) is 63.3 Å². The van der Waals surface area contributed by atoms with Gasteiger partial charge in [-0.2, -0.15) is 0 Å². The Morgan fingerprint density at radius 2 is 1.02 bits per heavy atom. The fraction of sp³-hybridized carbons (Fsp3) is 0.647. The lowest BCUT2D eigenvalue weighted by Crippen LogP contribution is -2.45. The first-order chi connectivity index (χ1) is 23.6. The van der Waals surface area contributed by atoms with Gasteiger partial charge in [0.15, 0.2) is 0 Å². The van der Waals surface area contributed by atoms with Crippen LogP contribution in [0.3, 0.4) is 0 Å². The molecular weight excluding hydrogens is 616 g/mol. The Labute approximate surface area is 285 Å². The van der Waals surface area contributed by atoms with E-state index in [1.807, 2.05) is 48.8 Å². The number of amides is 2. The lowest BCUT2D eigenvalue weighted by molar-refractivity contribution is -0.123. The highest BCUT2D eigenvalue weighted by Crippen LogP contribution is 2.08. The molecule has 3 heterocycles. The predicted molar refractivity (Wildman–Crippen MR) is 183 cm³/mol. The molecule has 0 aliphatic carbocycles. The van der Waals surface area contributed by atoms with Crippen molar-refractivity contribution in [3.8, 4) is 0 Å². The van der Waals surface area contributed by atoms with Crippen LogP contribution in [0.2, 0.25) is 0 Å². The van der Waals surface area contributed by atoms with Crippen LogP contribution in [-0.4, -0.2) is 170 Å². The molecule has 4 N–H and O–H groups in total. The number of nitrogens with zero attached hydrogens (tertiary/aromatic N) is 6. The second-order valence-corrected chi connectivity index (χ2v) is 11.8. The maximum absolute atomic E-state index is 12.9. The van der Waals surface area contributed by atoms with Gasteiger partial charge in [-0.25, -0.2) is 0 Å². The third-order valence-electron chi connectivity index (χ3n) is 7.93. The van der Waals surface area contributed by atoms with Crippen LogP contribution in [-0.2, 0) is 32.2 Å². The molecule has 0 unspecified atom stereocenters. The van der Waals surface area contributed by atoms with E-state index in [-0.39, 0.29) is 38.2 Å². The van der Waals surface area contributed by atoms with Crippen molar-refractivity contribution >= 4 is 11.8 Å². The predicted octanol–water partition coefficient (Wildman–Crippen LogP) is -0.571. The number of carbonyl (C=O) groups is 2. The van der Waals surface area contributed by atoms with Gasteiger partial charge in [0.2, 0.25) is 11.8 Å². The van der Waals surface area contributed by atoms with Crippen LogP contribution in [0.25, 0.3) is 0 Å². The van der Waals surface area contributed by atoms with Crippen molar-refractivity contribution in [2.45, 2.75) is 25.9 Å². The summed E-state index contributed by atoms with van der Waals surface area (Å²) >= 11 is 0. The fourth-order valence-electron chi connectivity index (χ4n) is 5.50. The third kappa shape index (κ3) is 17.9. The molecule has 1 fully saturated rings. The number of ether oxygens (including phenoxy) is 2. The van der Waals surface area contributed by atoms with Gasteiger partial charge in [0.05, 0.1) is 64.1 Å². The van der Waals surface area contributed by atoms with Crippen molar-refractivity contribution in [3.05, 3.63) is 60.2 Å². The van der Waals surface area contributed by atoms with Gasteiger partial charge < -0.3 is 30.3 Å². The van der Waals surface area contributed by atoms with E-state index in [9.17, 15) is 9.59 Å². The first-order valence-corrected chi connectivity index (χ1v) is 17.2. The normalized spacial score (nSPS) is 16.7. The topological polar surface area (TPSA) is 156 Å². The van der Waals surface area contributed by atoms with Crippen molar-refractivity contribution < 1.29 is 29.3 Å². The Morgan fingerprint density at radius 1 is 0.604 bits per heavy atom. The van der Waals surface area contributed by atoms with E-state index in [0.29, 0.717) is 52.5 Å². The molecule has 1 aliphatic rings. The largest absolute Gasteiger partial charge is 0.394 e. The molecule has 0 atom stereocenters. The summed E-state index contributed by atoms with van der Waals surface area (Å²) in [5.74, 6) is -0.0848. The van der Waals surface area contributed by atoms with E-state index >= 15 is 0 Å². The van der Waals surface area contributed by atoms with Crippen molar-refractivity contribution in [3.63, 3.8) is 0 Å². The first-order valence-electron chi connectivity index (χ1n) is 17.2. The van der Waals surface area contributed by atoms with Gasteiger partial charge in [-0.1, -0.05) is 12.1 Å². The average molecular weight is 673 g/mol. The van der Waals surface area contributed by atoms with Crippen LogP contribution in [0.4, 0.5) is 0 Å². The smallest absolute Gasteiger partial charge is 0.234 e. The molecule has 14 heteroatoms. The van der Waals surface area contributed by atoms with Crippen LogP contribution in [0, 0.1) is 0 Å². The van der Waals surface area contributed by atoms with E-state index in [1.165, 1.54) is 0 Å². The zero-order chi connectivity index (χ0) is 34.1. The summed E-state index contributed by atoms with van der Waals surface area (Å²) in [7, 11) is 0. The summed E-state index contributed by atoms with van der Waals surface area (Å²) in [4.78, 5) is 44.1. The summed E-state index contributed by atoms with van der Waals surface area (Å²) in [6.07, 6.45) is 5.36. The van der Waals surface area contributed by atoms with Crippen LogP contribution >= 0.6 is 0 Å². The lowest BCUT2D eigenvalue weighted by Gasteiger charge is -2.31. The second-order valence-electron chi connectivity index (χ2n) is 11.8. The zero-order valence-electron chi connectivity index (χ0n) is 28.4. The minimum Gasteiger partial charge on any atom is -0.394 e. The van der Waals surface area contributed by atoms with Gasteiger partial charge >= 0.3 is 0 Å². The van der Waals surface area contributed by atoms with Crippen LogP contribution in [0.1, 0.15) is 24.2 Å². The number of aromatic nitrogens is 2. The molecule has 2 aromatic rings. The highest BCUT2D eigenvalue weighted by Gasteiger charge is 2.18. The maximum atomic E-state index is 12.9. The molecule has 3 rings (SSSR count). The Hall–Kier alpha value is -3.08. The Morgan fingerprint density at radius 3 is 1.42 bits per heavy atom. The summed E-state index contributed by atoms with van der Waals surface area (Å²) in [5, 5.41) is 23.7. The standard InChI is InChI=1S/C34H56N8O6/c43-21-25-47-23-11-37-33(45)29-41-16-6-14-40(28-32-8-2-4-10-36-32)18-20-42(30-34(46)38-12-24-48-26-22-44)15-5-13-39(17-19-41)27-31-7-1-3-9-35-31/h1-4,7-10,43-44H,5-6,11-30H2,(H,37,45)(H,38,46). The van der Waals surface area contributed by atoms with E-state index in [0.717, 1.165) is 76.6 Å². The summed E-state index contributed by atoms with van der Waals surface area (Å²) in [6, 6.07) is 11.9. The molecule has 268 valence electrons. The van der Waals surface area contributed by atoms with E-state index in [1.54, 1.807) is 0 Å². The number of aliphatic hydroxyl groups excluding tert-OH is 2. The number of nitrogens with one attached hydrogen (secondary N) is 2. The minimum absolute atomic E-state index is 0.0377. The van der Waals surface area contributed by atoms with E-state index in [2.05, 4.69) is 40.2 Å². The first kappa shape index (κ1) is 39.4. The number of hydrogen-bond acceptors (Lipinski definition) is 12. The van der Waals surface area contributed by atoms with Crippen molar-refractivity contribution in [1.82, 2.24) is 40.2 Å². The molecule has 1 saturated heterocycles. The van der Waals surface area contributed by atoms with Gasteiger partial charge in [0.25, 0.3) is 0 Å². The molecular formula is C34H56N8O6. The molecule has 0 radical (unpaired) electrons. The van der Waals surface area contributed by atoms with Crippen LogP contribution in [0.15, 0.2) is 48.8 Å². The zero-order valence-corrected chi connectivity index (χ0v) is 28.4. The molecule has 0 bridgehead atoms. The van der Waals surface area contributed by atoms with Crippen LogP contribution in [0.5, 0.6) is 0 Å². The molecule has 0 spiro atoms. The Balaban J connectivity index is 1.68. The number of aliphatic hydroxyl groups is 2. The SMILES string of the molecule is O=C(CN1CCCN(Cc2ccccn2)CCN(CC(=O)NCCOCCO)CCCN(Cc2ccccn2)CC1)NCCOCCO. The molecule has 2 aromatic heterocycles. The van der Waals surface area contributed by atoms with Crippen molar-refractivity contribution in [2.75, 3.05) is 118 Å². The van der Waals surface area contributed by atoms with E-state index in [4.69, 9.17) is 19.7 Å². The molecule has 0 aromatic carbocycles. The number of hydrogen-bond donors (Lipinski definition) is 4.